The zero-order chi connectivity index (χ0) is 21.6. The van der Waals surface area contributed by atoms with E-state index in [9.17, 15) is 4.79 Å². The monoisotopic (exact) mass is 414 g/mol. The van der Waals surface area contributed by atoms with Gasteiger partial charge in [-0.05, 0) is 86.9 Å². The van der Waals surface area contributed by atoms with Gasteiger partial charge in [0.15, 0.2) is 5.78 Å². The third-order valence-electron chi connectivity index (χ3n) is 8.31. The predicted octanol–water partition coefficient (Wildman–Crippen LogP) is 7.38. The lowest BCUT2D eigenvalue weighted by atomic mass is 9.73. The highest BCUT2D eigenvalue weighted by molar-refractivity contribution is 6.08. The number of benzene rings is 3. The molecule has 0 fully saturated rings. The second-order valence-electron chi connectivity index (χ2n) is 10.4. The van der Waals surface area contributed by atoms with Gasteiger partial charge in [-0.15, -0.1) is 0 Å². The van der Waals surface area contributed by atoms with Crippen molar-refractivity contribution in [1.29, 1.82) is 0 Å². The molecule has 0 aliphatic heterocycles. The molecule has 0 heterocycles. The zero-order valence-electron chi connectivity index (χ0n) is 18.7. The molecule has 0 radical (unpaired) electrons. The maximum absolute atomic E-state index is 13.3. The topological polar surface area (TPSA) is 17.1 Å². The first-order chi connectivity index (χ1) is 15.5. The van der Waals surface area contributed by atoms with Crippen molar-refractivity contribution < 1.29 is 4.79 Å². The van der Waals surface area contributed by atoms with E-state index in [1.165, 1.54) is 55.6 Å². The van der Waals surface area contributed by atoms with Gasteiger partial charge in [-0.1, -0.05) is 74.5 Å². The first kappa shape index (κ1) is 18.4. The van der Waals surface area contributed by atoms with Crippen LogP contribution in [-0.4, -0.2) is 5.78 Å². The molecule has 1 nitrogen and oxygen atoms in total. The normalized spacial score (nSPS) is 21.3. The molecule has 0 saturated heterocycles. The van der Waals surface area contributed by atoms with Crippen LogP contribution in [0.2, 0.25) is 0 Å². The molecular weight excluding hydrogens is 388 g/mol. The van der Waals surface area contributed by atoms with E-state index in [0.717, 1.165) is 24.8 Å². The minimum absolute atomic E-state index is 0.00773. The highest BCUT2D eigenvalue weighted by atomic mass is 16.1. The fraction of sp³-hybridized carbons (Fsp3) is 0.258. The van der Waals surface area contributed by atoms with Crippen molar-refractivity contribution in [2.45, 2.75) is 50.9 Å². The van der Waals surface area contributed by atoms with Gasteiger partial charge >= 0.3 is 0 Å². The molecule has 1 heteroatoms. The SMILES string of the molecule is CC1(C)c2ccccc2-c2cc3c(cc21)CC1CC(=O)C2=C(C=CCC2)c2cccc-3c21. The van der Waals surface area contributed by atoms with Gasteiger partial charge in [-0.3, -0.25) is 4.79 Å². The van der Waals surface area contributed by atoms with Crippen molar-refractivity contribution in [3.63, 3.8) is 0 Å². The van der Waals surface area contributed by atoms with Crippen molar-refractivity contribution in [2.75, 3.05) is 0 Å². The third kappa shape index (κ3) is 2.26. The Labute approximate surface area is 189 Å². The lowest BCUT2D eigenvalue weighted by molar-refractivity contribution is -0.116. The summed E-state index contributed by atoms with van der Waals surface area (Å²) in [5, 5.41) is 0. The molecule has 0 aromatic heterocycles. The van der Waals surface area contributed by atoms with Crippen LogP contribution in [0.1, 0.15) is 66.8 Å². The van der Waals surface area contributed by atoms with Crippen molar-refractivity contribution in [3.8, 4) is 22.3 Å². The number of allylic oxidation sites excluding steroid dienone is 4. The average molecular weight is 415 g/mol. The summed E-state index contributed by atoms with van der Waals surface area (Å²) in [6, 6.07) is 20.5. The second kappa shape index (κ2) is 6.19. The zero-order valence-corrected chi connectivity index (χ0v) is 18.7. The molecular formula is C31H26O. The minimum atomic E-state index is 0.00773. The molecule has 0 bridgehead atoms. The molecule has 0 saturated carbocycles. The smallest absolute Gasteiger partial charge is 0.160 e. The van der Waals surface area contributed by atoms with Crippen molar-refractivity contribution in [3.05, 3.63) is 100 Å². The van der Waals surface area contributed by atoms with E-state index in [0.29, 0.717) is 12.2 Å². The van der Waals surface area contributed by atoms with Gasteiger partial charge in [0.25, 0.3) is 0 Å². The molecule has 0 N–H and O–H groups in total. The molecule has 0 amide bonds. The van der Waals surface area contributed by atoms with Gasteiger partial charge in [0.1, 0.15) is 0 Å². The average Bonchev–Trinajstić information content (AvgIpc) is 2.95. The highest BCUT2D eigenvalue weighted by Crippen LogP contribution is 2.54. The van der Waals surface area contributed by atoms with Crippen LogP contribution in [0.5, 0.6) is 0 Å². The Kier molecular flexibility index (Phi) is 3.56. The van der Waals surface area contributed by atoms with Gasteiger partial charge in [-0.2, -0.15) is 0 Å². The Balaban J connectivity index is 1.50. The Morgan fingerprint density at radius 1 is 0.812 bits per heavy atom. The summed E-state index contributed by atoms with van der Waals surface area (Å²) in [6.45, 7) is 4.69. The number of carbonyl (C=O) groups excluding carboxylic acids is 1. The van der Waals surface area contributed by atoms with Crippen LogP contribution in [-0.2, 0) is 16.6 Å². The molecule has 1 unspecified atom stereocenters. The van der Waals surface area contributed by atoms with E-state index >= 15 is 0 Å². The van der Waals surface area contributed by atoms with E-state index < -0.39 is 0 Å². The van der Waals surface area contributed by atoms with Gasteiger partial charge in [0, 0.05) is 17.4 Å². The summed E-state index contributed by atoms with van der Waals surface area (Å²) in [6.07, 6.45) is 7.88. The number of rotatable bonds is 0. The van der Waals surface area contributed by atoms with Crippen LogP contribution >= 0.6 is 0 Å². The molecule has 0 spiro atoms. The number of Topliss-reactive ketones (excluding diaryl/α,β-unsaturated/α-hetero) is 1. The molecule has 32 heavy (non-hydrogen) atoms. The number of carbonyl (C=O) groups is 1. The summed E-state index contributed by atoms with van der Waals surface area (Å²) >= 11 is 0. The second-order valence-corrected chi connectivity index (χ2v) is 10.4. The summed E-state index contributed by atoms with van der Waals surface area (Å²) in [7, 11) is 0. The summed E-state index contributed by atoms with van der Waals surface area (Å²) in [4.78, 5) is 13.3. The molecule has 3 aromatic carbocycles. The molecule has 3 aromatic rings. The van der Waals surface area contributed by atoms with Gasteiger partial charge in [-0.25, -0.2) is 0 Å². The largest absolute Gasteiger partial charge is 0.295 e. The van der Waals surface area contributed by atoms with Crippen molar-refractivity contribution >= 4 is 11.4 Å². The van der Waals surface area contributed by atoms with Gasteiger partial charge in [0.05, 0.1) is 0 Å². The Bertz CT molecular complexity index is 1410. The standard InChI is InChI=1S/C31H26O/c1-31(2)27-13-6-5-9-21(27)26-17-25-18(15-28(26)31)14-19-16-29(32)22-10-4-3-8-20(22)23-11-7-12-24(25)30(19)23/h3,5-9,11-13,15,17,19H,4,10,14,16H2,1-2H3. The minimum Gasteiger partial charge on any atom is -0.295 e. The summed E-state index contributed by atoms with van der Waals surface area (Å²) in [5.41, 5.74) is 14.6. The third-order valence-corrected chi connectivity index (χ3v) is 8.31. The highest BCUT2D eigenvalue weighted by Gasteiger charge is 2.39. The van der Waals surface area contributed by atoms with E-state index in [2.05, 4.69) is 80.6 Å². The van der Waals surface area contributed by atoms with Crippen molar-refractivity contribution in [2.24, 2.45) is 0 Å². The van der Waals surface area contributed by atoms with Crippen LogP contribution in [0, 0.1) is 0 Å². The van der Waals surface area contributed by atoms with Crippen molar-refractivity contribution in [1.82, 2.24) is 0 Å². The first-order valence-corrected chi connectivity index (χ1v) is 11.9. The molecule has 4 aliphatic carbocycles. The van der Waals surface area contributed by atoms with E-state index in [1.807, 2.05) is 0 Å². The maximum atomic E-state index is 13.3. The van der Waals surface area contributed by atoms with Crippen LogP contribution < -0.4 is 0 Å². The van der Waals surface area contributed by atoms with Gasteiger partial charge in [0.2, 0.25) is 0 Å². The lowest BCUT2D eigenvalue weighted by Crippen LogP contribution is -2.18. The summed E-state index contributed by atoms with van der Waals surface area (Å²) < 4.78 is 0. The van der Waals surface area contributed by atoms with Crippen LogP contribution in [0.25, 0.3) is 27.8 Å². The first-order valence-electron chi connectivity index (χ1n) is 11.9. The lowest BCUT2D eigenvalue weighted by Gasteiger charge is -2.30. The van der Waals surface area contributed by atoms with Crippen LogP contribution in [0.4, 0.5) is 0 Å². The Hall–Kier alpha value is -3.19. The molecule has 156 valence electrons. The molecule has 1 atom stereocenters. The van der Waals surface area contributed by atoms with E-state index in [-0.39, 0.29) is 11.3 Å². The number of hydrogen-bond donors (Lipinski definition) is 0. The number of fused-ring (bicyclic) bond motifs is 6. The molecule has 7 rings (SSSR count). The fourth-order valence-electron chi connectivity index (χ4n) is 6.78. The number of ketones is 1. The van der Waals surface area contributed by atoms with E-state index in [4.69, 9.17) is 0 Å². The maximum Gasteiger partial charge on any atom is 0.160 e. The Morgan fingerprint density at radius 2 is 1.62 bits per heavy atom. The van der Waals surface area contributed by atoms with Gasteiger partial charge < -0.3 is 0 Å². The Morgan fingerprint density at radius 3 is 2.53 bits per heavy atom. The van der Waals surface area contributed by atoms with E-state index in [1.54, 1.807) is 0 Å². The van der Waals surface area contributed by atoms with Crippen LogP contribution in [0.3, 0.4) is 0 Å². The van der Waals surface area contributed by atoms with Crippen LogP contribution in [0.15, 0.2) is 72.3 Å². The number of hydrogen-bond acceptors (Lipinski definition) is 1. The summed E-state index contributed by atoms with van der Waals surface area (Å²) in [5.74, 6) is 0.624. The fourth-order valence-corrected chi connectivity index (χ4v) is 6.78. The quantitative estimate of drug-likeness (QED) is 0.375. The predicted molar refractivity (Wildman–Crippen MR) is 131 cm³/mol. The molecule has 4 aliphatic rings.